The highest BCUT2D eigenvalue weighted by molar-refractivity contribution is 5.79. The van der Waals surface area contributed by atoms with Gasteiger partial charge in [0.2, 0.25) is 5.89 Å². The normalized spacial score (nSPS) is 11.6. The van der Waals surface area contributed by atoms with E-state index in [1.807, 2.05) is 6.92 Å². The third kappa shape index (κ3) is 5.65. The SMILES string of the molecule is CCCCN=C(NCC)NCCc1nc(C)no1. The summed E-state index contributed by atoms with van der Waals surface area (Å²) in [6.07, 6.45) is 2.97. The maximum Gasteiger partial charge on any atom is 0.228 e. The number of aliphatic imine (C=N–C) groups is 1. The van der Waals surface area contributed by atoms with Crippen molar-refractivity contribution in [3.63, 3.8) is 0 Å². The lowest BCUT2D eigenvalue weighted by Gasteiger charge is -2.09. The Balaban J connectivity index is 2.30. The Morgan fingerprint density at radius 3 is 2.78 bits per heavy atom. The first kappa shape index (κ1) is 14.5. The van der Waals surface area contributed by atoms with Gasteiger partial charge in [-0.25, -0.2) is 0 Å². The first-order valence-corrected chi connectivity index (χ1v) is 6.57. The Kier molecular flexibility index (Phi) is 6.83. The maximum atomic E-state index is 5.04. The minimum absolute atomic E-state index is 0.657. The van der Waals surface area contributed by atoms with Gasteiger partial charge in [-0.3, -0.25) is 4.99 Å². The number of unbranched alkanes of at least 4 members (excludes halogenated alkanes) is 1. The number of hydrogen-bond donors (Lipinski definition) is 2. The molecule has 0 amide bonds. The zero-order valence-electron chi connectivity index (χ0n) is 11.5. The summed E-state index contributed by atoms with van der Waals surface area (Å²) in [5.41, 5.74) is 0. The van der Waals surface area contributed by atoms with E-state index in [2.05, 4.69) is 39.6 Å². The van der Waals surface area contributed by atoms with Crippen LogP contribution < -0.4 is 10.6 Å². The molecule has 0 fully saturated rings. The molecular formula is C12H23N5O. The highest BCUT2D eigenvalue weighted by Crippen LogP contribution is 1.95. The molecule has 6 nitrogen and oxygen atoms in total. The summed E-state index contributed by atoms with van der Waals surface area (Å²) in [7, 11) is 0. The van der Waals surface area contributed by atoms with Crippen LogP contribution in [0, 0.1) is 6.92 Å². The second-order valence-electron chi connectivity index (χ2n) is 4.03. The molecule has 0 aliphatic heterocycles. The summed E-state index contributed by atoms with van der Waals surface area (Å²) in [5, 5.41) is 10.2. The molecule has 0 aromatic carbocycles. The van der Waals surface area contributed by atoms with Crippen molar-refractivity contribution in [1.29, 1.82) is 0 Å². The average molecular weight is 253 g/mol. The number of nitrogens with one attached hydrogen (secondary N) is 2. The van der Waals surface area contributed by atoms with E-state index >= 15 is 0 Å². The van der Waals surface area contributed by atoms with Gasteiger partial charge in [-0.05, 0) is 20.3 Å². The van der Waals surface area contributed by atoms with E-state index in [0.717, 1.165) is 38.4 Å². The third-order valence-electron chi connectivity index (χ3n) is 2.33. The number of hydrogen-bond acceptors (Lipinski definition) is 4. The lowest BCUT2D eigenvalue weighted by Crippen LogP contribution is -2.38. The monoisotopic (exact) mass is 253 g/mol. The molecule has 0 spiro atoms. The van der Waals surface area contributed by atoms with Crippen molar-refractivity contribution in [2.45, 2.75) is 40.0 Å². The summed E-state index contributed by atoms with van der Waals surface area (Å²) in [6, 6.07) is 0. The molecule has 18 heavy (non-hydrogen) atoms. The first-order chi connectivity index (χ1) is 8.76. The molecule has 6 heteroatoms. The summed E-state index contributed by atoms with van der Waals surface area (Å²) >= 11 is 0. The molecule has 0 saturated carbocycles. The van der Waals surface area contributed by atoms with Crippen LogP contribution in [0.1, 0.15) is 38.4 Å². The van der Waals surface area contributed by atoms with E-state index in [1.165, 1.54) is 0 Å². The van der Waals surface area contributed by atoms with Gasteiger partial charge in [0, 0.05) is 26.1 Å². The summed E-state index contributed by atoms with van der Waals surface area (Å²) in [6.45, 7) is 8.48. The van der Waals surface area contributed by atoms with E-state index in [9.17, 15) is 0 Å². The molecule has 0 radical (unpaired) electrons. The molecule has 2 N–H and O–H groups in total. The Bertz CT molecular complexity index is 361. The quantitative estimate of drug-likeness (QED) is 0.435. The lowest BCUT2D eigenvalue weighted by molar-refractivity contribution is 0.374. The number of guanidine groups is 1. The molecule has 0 saturated heterocycles. The number of aromatic nitrogens is 2. The third-order valence-corrected chi connectivity index (χ3v) is 2.33. The van der Waals surface area contributed by atoms with Gasteiger partial charge in [-0.15, -0.1) is 0 Å². The summed E-state index contributed by atoms with van der Waals surface area (Å²) in [4.78, 5) is 8.62. The van der Waals surface area contributed by atoms with Crippen LogP contribution in [-0.2, 0) is 6.42 Å². The topological polar surface area (TPSA) is 75.3 Å². The second-order valence-corrected chi connectivity index (χ2v) is 4.03. The van der Waals surface area contributed by atoms with E-state index in [4.69, 9.17) is 4.52 Å². The van der Waals surface area contributed by atoms with E-state index in [0.29, 0.717) is 18.1 Å². The largest absolute Gasteiger partial charge is 0.357 e. The van der Waals surface area contributed by atoms with Gasteiger partial charge in [0.15, 0.2) is 11.8 Å². The van der Waals surface area contributed by atoms with Crippen LogP contribution in [0.4, 0.5) is 0 Å². The van der Waals surface area contributed by atoms with Crippen LogP contribution in [0.15, 0.2) is 9.52 Å². The molecule has 1 heterocycles. The summed E-state index contributed by atoms with van der Waals surface area (Å²) < 4.78 is 5.04. The van der Waals surface area contributed by atoms with Crippen LogP contribution in [0.25, 0.3) is 0 Å². The summed E-state index contributed by atoms with van der Waals surface area (Å²) in [5.74, 6) is 2.18. The lowest BCUT2D eigenvalue weighted by atomic mass is 10.3. The van der Waals surface area contributed by atoms with Gasteiger partial charge in [0.1, 0.15) is 0 Å². The van der Waals surface area contributed by atoms with Crippen molar-refractivity contribution >= 4 is 5.96 Å². The number of rotatable bonds is 7. The molecule has 0 aliphatic rings. The fourth-order valence-corrected chi connectivity index (χ4v) is 1.42. The maximum absolute atomic E-state index is 5.04. The predicted octanol–water partition coefficient (Wildman–Crippen LogP) is 1.28. The zero-order chi connectivity index (χ0) is 13.2. The minimum atomic E-state index is 0.657. The van der Waals surface area contributed by atoms with E-state index < -0.39 is 0 Å². The standard InChI is InChI=1S/C12H23N5O/c1-4-6-8-14-12(13-5-2)15-9-7-11-16-10(3)17-18-11/h4-9H2,1-3H3,(H2,13,14,15). The van der Waals surface area contributed by atoms with Crippen molar-refractivity contribution in [1.82, 2.24) is 20.8 Å². The van der Waals surface area contributed by atoms with Crippen LogP contribution >= 0.6 is 0 Å². The molecular weight excluding hydrogens is 230 g/mol. The molecule has 1 aromatic rings. The highest BCUT2D eigenvalue weighted by atomic mass is 16.5. The Morgan fingerprint density at radius 2 is 2.17 bits per heavy atom. The van der Waals surface area contributed by atoms with Gasteiger partial charge >= 0.3 is 0 Å². The van der Waals surface area contributed by atoms with Gasteiger partial charge in [0.25, 0.3) is 0 Å². The average Bonchev–Trinajstić information content (AvgIpc) is 2.75. The van der Waals surface area contributed by atoms with Crippen molar-refractivity contribution in [3.8, 4) is 0 Å². The minimum Gasteiger partial charge on any atom is -0.357 e. The predicted molar refractivity (Wildman–Crippen MR) is 71.6 cm³/mol. The Morgan fingerprint density at radius 1 is 1.33 bits per heavy atom. The first-order valence-electron chi connectivity index (χ1n) is 6.57. The van der Waals surface area contributed by atoms with Crippen LogP contribution in [0.2, 0.25) is 0 Å². The zero-order valence-corrected chi connectivity index (χ0v) is 11.5. The van der Waals surface area contributed by atoms with Crippen molar-refractivity contribution < 1.29 is 4.52 Å². The smallest absolute Gasteiger partial charge is 0.228 e. The highest BCUT2D eigenvalue weighted by Gasteiger charge is 2.02. The van der Waals surface area contributed by atoms with Gasteiger partial charge in [-0.2, -0.15) is 4.98 Å². The second kappa shape index (κ2) is 8.49. The molecule has 1 aromatic heterocycles. The van der Waals surface area contributed by atoms with E-state index in [-0.39, 0.29) is 0 Å². The van der Waals surface area contributed by atoms with Crippen LogP contribution in [0.3, 0.4) is 0 Å². The number of aryl methyl sites for hydroxylation is 1. The van der Waals surface area contributed by atoms with Crippen molar-refractivity contribution in [2.75, 3.05) is 19.6 Å². The fraction of sp³-hybridized carbons (Fsp3) is 0.750. The molecule has 0 bridgehead atoms. The Labute approximate surface area is 108 Å². The van der Waals surface area contributed by atoms with Gasteiger partial charge in [0.05, 0.1) is 0 Å². The molecule has 0 aliphatic carbocycles. The van der Waals surface area contributed by atoms with E-state index in [1.54, 1.807) is 0 Å². The molecule has 0 atom stereocenters. The van der Waals surface area contributed by atoms with Crippen molar-refractivity contribution in [2.24, 2.45) is 4.99 Å². The fourth-order valence-electron chi connectivity index (χ4n) is 1.42. The van der Waals surface area contributed by atoms with Crippen LogP contribution in [-0.4, -0.2) is 35.7 Å². The van der Waals surface area contributed by atoms with Crippen molar-refractivity contribution in [3.05, 3.63) is 11.7 Å². The number of nitrogens with zero attached hydrogens (tertiary/aromatic N) is 3. The molecule has 1 rings (SSSR count). The molecule has 0 unspecified atom stereocenters. The van der Waals surface area contributed by atoms with Crippen LogP contribution in [0.5, 0.6) is 0 Å². The van der Waals surface area contributed by atoms with Gasteiger partial charge in [-0.1, -0.05) is 18.5 Å². The molecule has 102 valence electrons. The Hall–Kier alpha value is -1.59. The van der Waals surface area contributed by atoms with Gasteiger partial charge < -0.3 is 15.2 Å².